The van der Waals surface area contributed by atoms with Gasteiger partial charge in [0.1, 0.15) is 0 Å². The molecule has 1 aliphatic rings. The topological polar surface area (TPSA) is 79.4 Å². The Morgan fingerprint density at radius 1 is 1.17 bits per heavy atom. The maximum atomic E-state index is 12.8. The number of hydrogen-bond donors (Lipinski definition) is 2. The maximum Gasteiger partial charge on any atom is 0.317 e. The molecule has 1 aliphatic heterocycles. The molecule has 0 bridgehead atoms. The molecule has 1 unspecified atom stereocenters. The number of aromatic nitrogens is 2. The fourth-order valence-corrected chi connectivity index (χ4v) is 3.92. The van der Waals surface area contributed by atoms with Crippen LogP contribution in [0.2, 0.25) is 0 Å². The molecule has 1 aromatic heterocycles. The predicted molar refractivity (Wildman–Crippen MR) is 119 cm³/mol. The number of amides is 1. The summed E-state index contributed by atoms with van der Waals surface area (Å²) in [5.41, 5.74) is 3.83. The fraction of sp³-hybridized carbons (Fsp3) is 0.522. The van der Waals surface area contributed by atoms with E-state index in [9.17, 15) is 4.79 Å². The lowest BCUT2D eigenvalue weighted by Crippen LogP contribution is -2.48. The van der Waals surface area contributed by atoms with E-state index in [1.54, 1.807) is 0 Å². The van der Waals surface area contributed by atoms with Crippen molar-refractivity contribution in [3.8, 4) is 6.01 Å². The van der Waals surface area contributed by atoms with Gasteiger partial charge < -0.3 is 15.4 Å². The highest BCUT2D eigenvalue weighted by Gasteiger charge is 2.26. The van der Waals surface area contributed by atoms with Crippen LogP contribution >= 0.6 is 0 Å². The Kier molecular flexibility index (Phi) is 7.63. The van der Waals surface area contributed by atoms with E-state index in [4.69, 9.17) is 4.74 Å². The molecule has 7 nitrogen and oxygen atoms in total. The van der Waals surface area contributed by atoms with E-state index in [0.717, 1.165) is 49.6 Å². The van der Waals surface area contributed by atoms with Crippen molar-refractivity contribution in [2.75, 3.05) is 25.5 Å². The lowest BCUT2D eigenvalue weighted by molar-refractivity contribution is -0.129. The Hall–Kier alpha value is -2.67. The van der Waals surface area contributed by atoms with Crippen LogP contribution in [0.1, 0.15) is 43.1 Å². The zero-order valence-corrected chi connectivity index (χ0v) is 18.4. The second-order valence-corrected chi connectivity index (χ2v) is 7.86. The number of anilines is 1. The molecule has 1 saturated heterocycles. The first kappa shape index (κ1) is 22.0. The van der Waals surface area contributed by atoms with Crippen LogP contribution in [0.4, 0.5) is 5.69 Å². The molecule has 30 heavy (non-hydrogen) atoms. The van der Waals surface area contributed by atoms with Crippen molar-refractivity contribution in [3.63, 3.8) is 0 Å². The standard InChI is InChI=1S/C23H33N5O2/c1-5-20(30-23-25-16(2)21(24-4)17(3)26-23)22(29)27-19-11-13-28(14-12-19)15-18-9-7-6-8-10-18/h6-10,19-20,24H,5,11-15H2,1-4H3,(H,27,29). The zero-order chi connectivity index (χ0) is 21.5. The van der Waals surface area contributed by atoms with Gasteiger partial charge in [-0.2, -0.15) is 9.97 Å². The van der Waals surface area contributed by atoms with Gasteiger partial charge in [0.25, 0.3) is 5.91 Å². The number of nitrogens with one attached hydrogen (secondary N) is 2. The van der Waals surface area contributed by atoms with E-state index >= 15 is 0 Å². The number of ether oxygens (including phenoxy) is 1. The number of piperidine rings is 1. The molecule has 0 saturated carbocycles. The van der Waals surface area contributed by atoms with E-state index in [2.05, 4.69) is 49.8 Å². The van der Waals surface area contributed by atoms with Crippen molar-refractivity contribution in [2.45, 2.75) is 58.7 Å². The van der Waals surface area contributed by atoms with E-state index in [0.29, 0.717) is 6.42 Å². The van der Waals surface area contributed by atoms with Gasteiger partial charge in [-0.1, -0.05) is 37.3 Å². The Bertz CT molecular complexity index is 812. The molecule has 7 heteroatoms. The van der Waals surface area contributed by atoms with Crippen molar-refractivity contribution in [3.05, 3.63) is 47.3 Å². The summed E-state index contributed by atoms with van der Waals surface area (Å²) in [7, 11) is 1.84. The fourth-order valence-electron chi connectivity index (χ4n) is 3.92. The van der Waals surface area contributed by atoms with Crippen LogP contribution in [0.5, 0.6) is 6.01 Å². The molecule has 0 radical (unpaired) electrons. The summed E-state index contributed by atoms with van der Waals surface area (Å²) in [6.07, 6.45) is 1.86. The van der Waals surface area contributed by atoms with Gasteiger partial charge in [0.05, 0.1) is 17.1 Å². The molecule has 1 amide bonds. The SMILES string of the molecule is CCC(Oc1nc(C)c(NC)c(C)n1)C(=O)NC1CCN(Cc2ccccc2)CC1. The first-order valence-corrected chi connectivity index (χ1v) is 10.8. The van der Waals surface area contributed by atoms with Crippen molar-refractivity contribution in [2.24, 2.45) is 0 Å². The van der Waals surface area contributed by atoms with E-state index in [1.807, 2.05) is 33.9 Å². The minimum atomic E-state index is -0.591. The van der Waals surface area contributed by atoms with Gasteiger partial charge in [0.15, 0.2) is 6.10 Å². The van der Waals surface area contributed by atoms with Crippen LogP contribution < -0.4 is 15.4 Å². The van der Waals surface area contributed by atoms with Crippen LogP contribution in [-0.4, -0.2) is 53.1 Å². The largest absolute Gasteiger partial charge is 0.450 e. The number of hydrogen-bond acceptors (Lipinski definition) is 6. The van der Waals surface area contributed by atoms with Crippen LogP contribution in [-0.2, 0) is 11.3 Å². The first-order valence-electron chi connectivity index (χ1n) is 10.8. The zero-order valence-electron chi connectivity index (χ0n) is 18.4. The average molecular weight is 412 g/mol. The second kappa shape index (κ2) is 10.4. The third-order valence-corrected chi connectivity index (χ3v) is 5.59. The molecular weight excluding hydrogens is 378 g/mol. The predicted octanol–water partition coefficient (Wildman–Crippen LogP) is 3.07. The maximum absolute atomic E-state index is 12.8. The Morgan fingerprint density at radius 3 is 2.37 bits per heavy atom. The molecule has 2 N–H and O–H groups in total. The number of rotatable bonds is 8. The summed E-state index contributed by atoms with van der Waals surface area (Å²) in [6.45, 7) is 8.65. The molecular formula is C23H33N5O2. The number of likely N-dealkylation sites (tertiary alicyclic amines) is 1. The van der Waals surface area contributed by atoms with Gasteiger partial charge in [-0.15, -0.1) is 0 Å². The van der Waals surface area contributed by atoms with Crippen molar-refractivity contribution in [1.82, 2.24) is 20.2 Å². The van der Waals surface area contributed by atoms with Crippen molar-refractivity contribution in [1.29, 1.82) is 0 Å². The van der Waals surface area contributed by atoms with Gasteiger partial charge in [-0.25, -0.2) is 0 Å². The summed E-state index contributed by atoms with van der Waals surface area (Å²) in [4.78, 5) is 24.0. The van der Waals surface area contributed by atoms with Crippen molar-refractivity contribution >= 4 is 11.6 Å². The molecule has 0 spiro atoms. The van der Waals surface area contributed by atoms with Gasteiger partial charge in [-0.3, -0.25) is 9.69 Å². The van der Waals surface area contributed by atoms with E-state index in [1.165, 1.54) is 5.56 Å². The molecule has 2 aromatic rings. The second-order valence-electron chi connectivity index (χ2n) is 7.86. The monoisotopic (exact) mass is 411 g/mol. The van der Waals surface area contributed by atoms with Gasteiger partial charge in [0.2, 0.25) is 0 Å². The molecule has 162 valence electrons. The van der Waals surface area contributed by atoms with Crippen LogP contribution in [0.15, 0.2) is 30.3 Å². The molecule has 3 rings (SSSR count). The molecule has 1 aromatic carbocycles. The third-order valence-electron chi connectivity index (χ3n) is 5.59. The smallest absolute Gasteiger partial charge is 0.317 e. The van der Waals surface area contributed by atoms with Crippen LogP contribution in [0.3, 0.4) is 0 Å². The summed E-state index contributed by atoms with van der Waals surface area (Å²) < 4.78 is 5.86. The Morgan fingerprint density at radius 2 is 1.80 bits per heavy atom. The lowest BCUT2D eigenvalue weighted by Gasteiger charge is -2.33. The highest BCUT2D eigenvalue weighted by Crippen LogP contribution is 2.20. The number of aryl methyl sites for hydroxylation is 2. The quantitative estimate of drug-likeness (QED) is 0.695. The van der Waals surface area contributed by atoms with Gasteiger partial charge in [-0.05, 0) is 38.7 Å². The number of nitrogens with zero attached hydrogens (tertiary/aromatic N) is 3. The van der Waals surface area contributed by atoms with Gasteiger partial charge >= 0.3 is 6.01 Å². The third kappa shape index (κ3) is 5.69. The normalized spacial score (nSPS) is 16.1. The van der Waals surface area contributed by atoms with Crippen molar-refractivity contribution < 1.29 is 9.53 Å². The van der Waals surface area contributed by atoms with Gasteiger partial charge in [0, 0.05) is 32.7 Å². The number of carbonyl (C=O) groups excluding carboxylic acids is 1. The molecule has 1 atom stereocenters. The van der Waals surface area contributed by atoms with E-state index < -0.39 is 6.10 Å². The molecule has 2 heterocycles. The number of benzene rings is 1. The Balaban J connectivity index is 1.51. The average Bonchev–Trinajstić information content (AvgIpc) is 2.74. The highest BCUT2D eigenvalue weighted by molar-refractivity contribution is 5.81. The minimum absolute atomic E-state index is 0.0874. The summed E-state index contributed by atoms with van der Waals surface area (Å²) in [6, 6.07) is 10.9. The molecule has 1 fully saturated rings. The minimum Gasteiger partial charge on any atom is -0.450 e. The summed E-state index contributed by atoms with van der Waals surface area (Å²) >= 11 is 0. The summed E-state index contributed by atoms with van der Waals surface area (Å²) in [5, 5.41) is 6.26. The lowest BCUT2D eigenvalue weighted by atomic mass is 10.0. The highest BCUT2D eigenvalue weighted by atomic mass is 16.5. The number of carbonyl (C=O) groups is 1. The summed E-state index contributed by atoms with van der Waals surface area (Å²) in [5.74, 6) is -0.0874. The Labute approximate surface area is 179 Å². The van der Waals surface area contributed by atoms with Crippen LogP contribution in [0.25, 0.3) is 0 Å². The van der Waals surface area contributed by atoms with E-state index in [-0.39, 0.29) is 18.0 Å². The molecule has 0 aliphatic carbocycles. The first-order chi connectivity index (χ1) is 14.5. The van der Waals surface area contributed by atoms with Crippen LogP contribution in [0, 0.1) is 13.8 Å².